The van der Waals surface area contributed by atoms with Crippen molar-refractivity contribution in [3.8, 4) is 0 Å². The third-order valence-corrected chi connectivity index (χ3v) is 7.42. The second-order valence-corrected chi connectivity index (χ2v) is 9.50. The Morgan fingerprint density at radius 2 is 1.61 bits per heavy atom. The van der Waals surface area contributed by atoms with Crippen molar-refractivity contribution in [3.05, 3.63) is 76.5 Å². The van der Waals surface area contributed by atoms with Crippen LogP contribution >= 0.6 is 11.3 Å². The number of thiophene rings is 1. The summed E-state index contributed by atoms with van der Waals surface area (Å²) in [6.07, 6.45) is 1.60. The number of carbonyl (C=O) groups excluding carboxylic acids is 1. The van der Waals surface area contributed by atoms with Crippen LogP contribution in [0.5, 0.6) is 0 Å². The van der Waals surface area contributed by atoms with Crippen LogP contribution in [0.2, 0.25) is 0 Å². The first-order valence-electron chi connectivity index (χ1n) is 9.04. The standard InChI is InChI=1S/C21H20N2O3S2/c24-21(20-16-18-8-4-5-9-19(18)27-20)22-11-13-23(14-12-22)28(25,26)15-10-17-6-2-1-3-7-17/h1-10,15-16H,11-14H2/b15-10+. The van der Waals surface area contributed by atoms with Crippen LogP contribution in [-0.4, -0.2) is 49.7 Å². The molecule has 2 heterocycles. The van der Waals surface area contributed by atoms with Crippen LogP contribution in [0.3, 0.4) is 0 Å². The van der Waals surface area contributed by atoms with Crippen molar-refractivity contribution in [3.63, 3.8) is 0 Å². The SMILES string of the molecule is O=C(c1cc2ccccc2s1)N1CCN(S(=O)(=O)/C=C/c2ccccc2)CC1. The lowest BCUT2D eigenvalue weighted by molar-refractivity contribution is 0.0703. The number of fused-ring (bicyclic) bond motifs is 1. The Balaban J connectivity index is 1.41. The van der Waals surface area contributed by atoms with Gasteiger partial charge in [-0.05, 0) is 29.2 Å². The van der Waals surface area contributed by atoms with E-state index in [2.05, 4.69) is 0 Å². The molecule has 2 aromatic carbocycles. The molecule has 0 radical (unpaired) electrons. The van der Waals surface area contributed by atoms with E-state index < -0.39 is 10.0 Å². The minimum atomic E-state index is -3.50. The van der Waals surface area contributed by atoms with Gasteiger partial charge in [-0.2, -0.15) is 4.31 Å². The van der Waals surface area contributed by atoms with Gasteiger partial charge >= 0.3 is 0 Å². The molecule has 1 fully saturated rings. The van der Waals surface area contributed by atoms with Gasteiger partial charge in [-0.15, -0.1) is 11.3 Å². The Morgan fingerprint density at radius 1 is 0.929 bits per heavy atom. The molecule has 1 amide bonds. The van der Waals surface area contributed by atoms with Gasteiger partial charge in [0.2, 0.25) is 10.0 Å². The van der Waals surface area contributed by atoms with Gasteiger partial charge in [0.05, 0.1) is 4.88 Å². The summed E-state index contributed by atoms with van der Waals surface area (Å²) in [7, 11) is -3.50. The number of carbonyl (C=O) groups is 1. The van der Waals surface area contributed by atoms with Crippen molar-refractivity contribution in [2.75, 3.05) is 26.2 Å². The van der Waals surface area contributed by atoms with Crippen LogP contribution in [0.4, 0.5) is 0 Å². The summed E-state index contributed by atoms with van der Waals surface area (Å²) in [6.45, 7) is 1.40. The summed E-state index contributed by atoms with van der Waals surface area (Å²) in [6, 6.07) is 19.1. The highest BCUT2D eigenvalue weighted by molar-refractivity contribution is 7.92. The highest BCUT2D eigenvalue weighted by Crippen LogP contribution is 2.26. The smallest absolute Gasteiger partial charge is 0.264 e. The molecule has 144 valence electrons. The van der Waals surface area contributed by atoms with Gasteiger partial charge < -0.3 is 4.90 Å². The van der Waals surface area contributed by atoms with Gasteiger partial charge in [-0.1, -0.05) is 48.5 Å². The molecule has 0 saturated carbocycles. The molecule has 1 aliphatic rings. The van der Waals surface area contributed by atoms with Crippen molar-refractivity contribution < 1.29 is 13.2 Å². The summed E-state index contributed by atoms with van der Waals surface area (Å²) in [4.78, 5) is 15.2. The van der Waals surface area contributed by atoms with E-state index in [1.807, 2.05) is 60.7 Å². The molecule has 0 atom stereocenters. The topological polar surface area (TPSA) is 57.7 Å². The molecule has 0 aliphatic carbocycles. The average Bonchev–Trinajstić information content (AvgIpc) is 3.17. The fraction of sp³-hybridized carbons (Fsp3) is 0.190. The first-order chi connectivity index (χ1) is 13.5. The van der Waals surface area contributed by atoms with Gasteiger partial charge in [0.1, 0.15) is 0 Å². The first kappa shape index (κ1) is 18.9. The Bertz CT molecular complexity index is 1080. The molecular weight excluding hydrogens is 392 g/mol. The molecule has 1 saturated heterocycles. The van der Waals surface area contributed by atoms with E-state index in [0.717, 1.165) is 15.6 Å². The van der Waals surface area contributed by atoms with Crippen molar-refractivity contribution >= 4 is 43.4 Å². The Labute approximate surface area is 168 Å². The Morgan fingerprint density at radius 3 is 2.32 bits per heavy atom. The lowest BCUT2D eigenvalue weighted by Crippen LogP contribution is -2.49. The normalized spacial score (nSPS) is 16.1. The fourth-order valence-electron chi connectivity index (χ4n) is 3.20. The predicted octanol–water partition coefficient (Wildman–Crippen LogP) is 3.66. The van der Waals surface area contributed by atoms with Crippen molar-refractivity contribution in [1.29, 1.82) is 0 Å². The van der Waals surface area contributed by atoms with E-state index in [0.29, 0.717) is 31.1 Å². The average molecular weight is 413 g/mol. The number of nitrogens with zero attached hydrogens (tertiary/aromatic N) is 2. The van der Waals surface area contributed by atoms with Crippen LogP contribution in [-0.2, 0) is 10.0 Å². The van der Waals surface area contributed by atoms with Gasteiger partial charge in [0, 0.05) is 36.3 Å². The summed E-state index contributed by atoms with van der Waals surface area (Å²) in [5, 5.41) is 2.30. The predicted molar refractivity (Wildman–Crippen MR) is 114 cm³/mol. The summed E-state index contributed by atoms with van der Waals surface area (Å²) in [5.74, 6) is -0.0296. The largest absolute Gasteiger partial charge is 0.335 e. The lowest BCUT2D eigenvalue weighted by atomic mass is 10.2. The highest BCUT2D eigenvalue weighted by Gasteiger charge is 2.28. The van der Waals surface area contributed by atoms with Crippen molar-refractivity contribution in [2.24, 2.45) is 0 Å². The molecule has 0 bridgehead atoms. The summed E-state index contributed by atoms with van der Waals surface area (Å²) >= 11 is 1.48. The number of rotatable bonds is 4. The molecular formula is C21H20N2O3S2. The zero-order chi connectivity index (χ0) is 19.6. The van der Waals surface area contributed by atoms with Crippen molar-refractivity contribution in [1.82, 2.24) is 9.21 Å². The maximum absolute atomic E-state index is 12.8. The summed E-state index contributed by atoms with van der Waals surface area (Å²) in [5.41, 5.74) is 0.838. The summed E-state index contributed by atoms with van der Waals surface area (Å²) < 4.78 is 27.6. The van der Waals surface area contributed by atoms with Crippen molar-refractivity contribution in [2.45, 2.75) is 0 Å². The highest BCUT2D eigenvalue weighted by atomic mass is 32.2. The molecule has 0 unspecified atom stereocenters. The zero-order valence-electron chi connectivity index (χ0n) is 15.2. The van der Waals surface area contributed by atoms with Crippen LogP contribution in [0, 0.1) is 0 Å². The third-order valence-electron chi connectivity index (χ3n) is 4.75. The van der Waals surface area contributed by atoms with Crippen LogP contribution in [0.1, 0.15) is 15.2 Å². The molecule has 0 N–H and O–H groups in total. The maximum atomic E-state index is 12.8. The molecule has 5 nitrogen and oxygen atoms in total. The second-order valence-electron chi connectivity index (χ2n) is 6.60. The monoisotopic (exact) mass is 412 g/mol. The van der Waals surface area contributed by atoms with Gasteiger partial charge in [-0.3, -0.25) is 4.79 Å². The minimum Gasteiger partial charge on any atom is -0.335 e. The van der Waals surface area contributed by atoms with Gasteiger partial charge in [0.15, 0.2) is 0 Å². The van der Waals surface area contributed by atoms with Crippen LogP contribution < -0.4 is 0 Å². The fourth-order valence-corrected chi connectivity index (χ4v) is 5.41. The van der Waals surface area contributed by atoms with E-state index in [9.17, 15) is 13.2 Å². The van der Waals surface area contributed by atoms with E-state index in [1.54, 1.807) is 11.0 Å². The molecule has 28 heavy (non-hydrogen) atoms. The third kappa shape index (κ3) is 4.01. The van der Waals surface area contributed by atoms with Gasteiger partial charge in [0.25, 0.3) is 5.91 Å². The molecule has 1 aromatic heterocycles. The van der Waals surface area contributed by atoms with E-state index in [1.165, 1.54) is 21.1 Å². The number of piperazine rings is 1. The lowest BCUT2D eigenvalue weighted by Gasteiger charge is -2.33. The molecule has 7 heteroatoms. The van der Waals surface area contributed by atoms with E-state index in [-0.39, 0.29) is 5.91 Å². The Hall–Kier alpha value is -2.48. The maximum Gasteiger partial charge on any atom is 0.264 e. The minimum absolute atomic E-state index is 0.0296. The molecule has 0 spiro atoms. The number of hydrogen-bond acceptors (Lipinski definition) is 4. The van der Waals surface area contributed by atoms with Crippen LogP contribution in [0.25, 0.3) is 16.2 Å². The number of hydrogen-bond donors (Lipinski definition) is 0. The Kier molecular flexibility index (Phi) is 5.30. The van der Waals surface area contributed by atoms with Gasteiger partial charge in [-0.25, -0.2) is 8.42 Å². The van der Waals surface area contributed by atoms with E-state index in [4.69, 9.17) is 0 Å². The molecule has 1 aliphatic heterocycles. The number of sulfonamides is 1. The van der Waals surface area contributed by atoms with E-state index >= 15 is 0 Å². The van der Waals surface area contributed by atoms with Crippen LogP contribution in [0.15, 0.2) is 66.1 Å². The second kappa shape index (κ2) is 7.87. The molecule has 3 aromatic rings. The molecule has 4 rings (SSSR count). The zero-order valence-corrected chi connectivity index (χ0v) is 16.8. The number of benzene rings is 2. The quantitative estimate of drug-likeness (QED) is 0.657. The first-order valence-corrected chi connectivity index (χ1v) is 11.4. The number of amides is 1.